The lowest BCUT2D eigenvalue weighted by Crippen LogP contribution is -2.42. The van der Waals surface area contributed by atoms with Crippen LogP contribution in [0.2, 0.25) is 0 Å². The van der Waals surface area contributed by atoms with E-state index in [-0.39, 0.29) is 17.8 Å². The molecular formula is C24H32N4O3S. The minimum Gasteiger partial charge on any atom is -0.466 e. The third kappa shape index (κ3) is 5.79. The van der Waals surface area contributed by atoms with Gasteiger partial charge in [-0.2, -0.15) is 0 Å². The second-order valence-corrected chi connectivity index (χ2v) is 9.21. The van der Waals surface area contributed by atoms with Crippen molar-refractivity contribution in [3.05, 3.63) is 46.6 Å². The number of carbonyl (C=O) groups excluding carboxylic acids is 2. The maximum atomic E-state index is 13.1. The fraction of sp³-hybridized carbons (Fsp3) is 0.500. The van der Waals surface area contributed by atoms with E-state index in [0.29, 0.717) is 31.0 Å². The lowest BCUT2D eigenvalue weighted by molar-refractivity contribution is -0.149. The number of hydrogen-bond donors (Lipinski definition) is 0. The summed E-state index contributed by atoms with van der Waals surface area (Å²) in [6.45, 7) is 7.27. The van der Waals surface area contributed by atoms with Crippen molar-refractivity contribution < 1.29 is 14.3 Å². The summed E-state index contributed by atoms with van der Waals surface area (Å²) in [6.07, 6.45) is 1.58. The number of piperidine rings is 1. The average molecular weight is 457 g/mol. The molecule has 1 aromatic carbocycles. The van der Waals surface area contributed by atoms with Crippen molar-refractivity contribution >= 4 is 29.5 Å². The fourth-order valence-corrected chi connectivity index (χ4v) is 4.66. The first kappa shape index (κ1) is 24.0. The normalized spacial score (nSPS) is 16.0. The molecule has 1 unspecified atom stereocenters. The summed E-state index contributed by atoms with van der Waals surface area (Å²) in [5.41, 5.74) is 3.72. The number of aryl methyl sites for hydroxylation is 1. The fourth-order valence-electron chi connectivity index (χ4n) is 3.83. The third-order valence-corrected chi connectivity index (χ3v) is 6.56. The molecule has 32 heavy (non-hydrogen) atoms. The number of benzene rings is 1. The Labute approximate surface area is 194 Å². The molecule has 1 atom stereocenters. The molecule has 1 aromatic heterocycles. The molecule has 8 heteroatoms. The predicted molar refractivity (Wildman–Crippen MR) is 127 cm³/mol. The highest BCUT2D eigenvalue weighted by Gasteiger charge is 2.29. The molecule has 0 N–H and O–H groups in total. The lowest BCUT2D eigenvalue weighted by Gasteiger charge is -2.31. The molecular weight excluding hydrogens is 424 g/mol. The zero-order valence-corrected chi connectivity index (χ0v) is 20.4. The van der Waals surface area contributed by atoms with E-state index in [1.165, 1.54) is 0 Å². The minimum absolute atomic E-state index is 0.0387. The summed E-state index contributed by atoms with van der Waals surface area (Å²) in [5.74, 6) is 1.11. The lowest BCUT2D eigenvalue weighted by atomic mass is 9.97. The van der Waals surface area contributed by atoms with Gasteiger partial charge in [0.15, 0.2) is 5.16 Å². The Balaban J connectivity index is 1.68. The standard InChI is InChI=1S/C24H32N4O3S/c1-6-31-23(30)20-11-8-12-28(14-20)22(29)19-10-7-9-18(13-19)15-32-24-25-17(3)16(2)21(26-24)27(4)5/h7,9-10,13,20H,6,8,11-12,14-15H2,1-5H3. The highest BCUT2D eigenvalue weighted by Crippen LogP contribution is 2.26. The second kappa shape index (κ2) is 10.8. The Hall–Kier alpha value is -2.61. The van der Waals surface area contributed by atoms with E-state index >= 15 is 0 Å². The summed E-state index contributed by atoms with van der Waals surface area (Å²) in [5, 5.41) is 0.724. The van der Waals surface area contributed by atoms with Crippen LogP contribution >= 0.6 is 11.8 Å². The van der Waals surface area contributed by atoms with E-state index in [1.54, 1.807) is 23.6 Å². The molecule has 0 aliphatic carbocycles. The van der Waals surface area contributed by atoms with Crippen molar-refractivity contribution in [2.24, 2.45) is 5.92 Å². The minimum atomic E-state index is -0.237. The topological polar surface area (TPSA) is 75.6 Å². The van der Waals surface area contributed by atoms with Gasteiger partial charge in [0.2, 0.25) is 0 Å². The van der Waals surface area contributed by atoms with E-state index < -0.39 is 0 Å². The summed E-state index contributed by atoms with van der Waals surface area (Å²) in [4.78, 5) is 38.3. The first-order valence-corrected chi connectivity index (χ1v) is 12.0. The quantitative estimate of drug-likeness (QED) is 0.356. The Kier molecular flexibility index (Phi) is 8.12. The highest BCUT2D eigenvalue weighted by atomic mass is 32.2. The van der Waals surface area contributed by atoms with Gasteiger partial charge in [0.1, 0.15) is 5.82 Å². The van der Waals surface area contributed by atoms with Crippen LogP contribution in [-0.2, 0) is 15.3 Å². The number of esters is 1. The molecule has 1 aliphatic rings. The maximum Gasteiger partial charge on any atom is 0.310 e. The average Bonchev–Trinajstić information content (AvgIpc) is 2.79. The molecule has 1 saturated heterocycles. The van der Waals surface area contributed by atoms with Crippen LogP contribution in [0.1, 0.15) is 46.9 Å². The van der Waals surface area contributed by atoms with E-state index in [1.807, 2.05) is 57.1 Å². The number of thioether (sulfide) groups is 1. The first-order chi connectivity index (χ1) is 15.3. The number of amides is 1. The van der Waals surface area contributed by atoms with Gasteiger partial charge < -0.3 is 14.5 Å². The van der Waals surface area contributed by atoms with Crippen LogP contribution in [-0.4, -0.2) is 60.5 Å². The molecule has 7 nitrogen and oxygen atoms in total. The summed E-state index contributed by atoms with van der Waals surface area (Å²) < 4.78 is 5.15. The SMILES string of the molecule is CCOC(=O)C1CCCN(C(=O)c2cccc(CSc3nc(C)c(C)c(N(C)C)n3)c2)C1. The van der Waals surface area contributed by atoms with Crippen LogP contribution in [0.3, 0.4) is 0 Å². The Morgan fingerprint density at radius 3 is 2.75 bits per heavy atom. The molecule has 0 radical (unpaired) electrons. The summed E-state index contributed by atoms with van der Waals surface area (Å²) >= 11 is 1.56. The van der Waals surface area contributed by atoms with E-state index in [4.69, 9.17) is 4.74 Å². The van der Waals surface area contributed by atoms with Crippen LogP contribution in [0.25, 0.3) is 0 Å². The second-order valence-electron chi connectivity index (χ2n) is 8.27. The zero-order chi connectivity index (χ0) is 23.3. The van der Waals surface area contributed by atoms with Crippen molar-refractivity contribution in [1.82, 2.24) is 14.9 Å². The van der Waals surface area contributed by atoms with Crippen molar-refractivity contribution in [2.45, 2.75) is 44.5 Å². The third-order valence-electron chi connectivity index (χ3n) is 5.64. The smallest absolute Gasteiger partial charge is 0.310 e. The molecule has 3 rings (SSSR count). The number of anilines is 1. The number of ether oxygens (including phenoxy) is 1. The van der Waals surface area contributed by atoms with Crippen LogP contribution in [0.4, 0.5) is 5.82 Å². The van der Waals surface area contributed by atoms with Gasteiger partial charge in [0.05, 0.1) is 12.5 Å². The Morgan fingerprint density at radius 1 is 1.25 bits per heavy atom. The molecule has 1 amide bonds. The molecule has 2 aromatic rings. The highest BCUT2D eigenvalue weighted by molar-refractivity contribution is 7.98. The van der Waals surface area contributed by atoms with Gasteiger partial charge in [-0.3, -0.25) is 9.59 Å². The number of carbonyl (C=O) groups is 2. The van der Waals surface area contributed by atoms with Gasteiger partial charge in [0.25, 0.3) is 5.91 Å². The summed E-state index contributed by atoms with van der Waals surface area (Å²) in [6, 6.07) is 7.68. The van der Waals surface area contributed by atoms with E-state index in [9.17, 15) is 9.59 Å². The van der Waals surface area contributed by atoms with Gasteiger partial charge in [-0.15, -0.1) is 0 Å². The van der Waals surface area contributed by atoms with Crippen LogP contribution in [0.5, 0.6) is 0 Å². The van der Waals surface area contributed by atoms with Crippen LogP contribution in [0, 0.1) is 19.8 Å². The van der Waals surface area contributed by atoms with Gasteiger partial charge in [-0.05, 0) is 51.3 Å². The number of aromatic nitrogens is 2. The Bertz CT molecular complexity index is 980. The van der Waals surface area contributed by atoms with Gasteiger partial charge in [0, 0.05) is 49.8 Å². The van der Waals surface area contributed by atoms with Gasteiger partial charge in [-0.25, -0.2) is 9.97 Å². The van der Waals surface area contributed by atoms with Crippen molar-refractivity contribution in [2.75, 3.05) is 38.7 Å². The van der Waals surface area contributed by atoms with Crippen molar-refractivity contribution in [1.29, 1.82) is 0 Å². The van der Waals surface area contributed by atoms with Crippen molar-refractivity contribution in [3.63, 3.8) is 0 Å². The number of likely N-dealkylation sites (tertiary alicyclic amines) is 1. The molecule has 0 bridgehead atoms. The number of hydrogen-bond acceptors (Lipinski definition) is 7. The number of nitrogens with zero attached hydrogens (tertiary/aromatic N) is 4. The molecule has 0 saturated carbocycles. The molecule has 1 aliphatic heterocycles. The predicted octanol–water partition coefficient (Wildman–Crippen LogP) is 3.87. The molecule has 2 heterocycles. The number of rotatable bonds is 7. The first-order valence-electron chi connectivity index (χ1n) is 11.0. The van der Waals surface area contributed by atoms with Gasteiger partial charge in [-0.1, -0.05) is 23.9 Å². The van der Waals surface area contributed by atoms with Gasteiger partial charge >= 0.3 is 5.97 Å². The molecule has 0 spiro atoms. The maximum absolute atomic E-state index is 13.1. The summed E-state index contributed by atoms with van der Waals surface area (Å²) in [7, 11) is 3.96. The monoisotopic (exact) mass is 456 g/mol. The zero-order valence-electron chi connectivity index (χ0n) is 19.6. The van der Waals surface area contributed by atoms with E-state index in [0.717, 1.165) is 40.6 Å². The Morgan fingerprint density at radius 2 is 2.03 bits per heavy atom. The van der Waals surface area contributed by atoms with E-state index in [2.05, 4.69) is 9.97 Å². The molecule has 172 valence electrons. The van der Waals surface area contributed by atoms with Crippen LogP contribution in [0.15, 0.2) is 29.4 Å². The van der Waals surface area contributed by atoms with Crippen molar-refractivity contribution in [3.8, 4) is 0 Å². The molecule has 1 fully saturated rings. The largest absolute Gasteiger partial charge is 0.466 e. The van der Waals surface area contributed by atoms with Crippen LogP contribution < -0.4 is 4.90 Å².